The number of hydrogen-bond acceptors (Lipinski definition) is 2. The molecule has 0 amide bonds. The van der Waals surface area contributed by atoms with Gasteiger partial charge >= 0.3 is 0 Å². The maximum Gasteiger partial charge on any atom is 0.0216 e. The van der Waals surface area contributed by atoms with Crippen LogP contribution in [0.2, 0.25) is 0 Å². The van der Waals surface area contributed by atoms with Crippen molar-refractivity contribution in [2.75, 3.05) is 19.6 Å². The monoisotopic (exact) mass is 396 g/mol. The fourth-order valence-electron chi connectivity index (χ4n) is 1.42. The normalized spacial score (nSPS) is 10.7. The Hall–Kier alpha value is 0.350. The van der Waals surface area contributed by atoms with Crippen LogP contribution < -0.4 is 10.6 Å². The van der Waals surface area contributed by atoms with Crippen molar-refractivity contribution in [2.24, 2.45) is 0 Å². The van der Waals surface area contributed by atoms with Gasteiger partial charge in [0.25, 0.3) is 0 Å². The van der Waals surface area contributed by atoms with Crippen molar-refractivity contribution in [1.82, 2.24) is 10.6 Å². The molecule has 0 saturated carbocycles. The summed E-state index contributed by atoms with van der Waals surface area (Å²) in [6.45, 7) is 6.30. The first-order valence-corrected chi connectivity index (χ1v) is 7.46. The molecule has 1 aromatic rings. The quantitative estimate of drug-likeness (QED) is 0.546. The van der Waals surface area contributed by atoms with Crippen LogP contribution in [0.3, 0.4) is 0 Å². The lowest BCUT2D eigenvalue weighted by Gasteiger charge is -2.07. The lowest BCUT2D eigenvalue weighted by Crippen LogP contribution is -2.21. The topological polar surface area (TPSA) is 24.1 Å². The molecule has 4 heteroatoms. The van der Waals surface area contributed by atoms with Crippen LogP contribution in [0.5, 0.6) is 0 Å². The van der Waals surface area contributed by atoms with Gasteiger partial charge in [0.1, 0.15) is 0 Å². The summed E-state index contributed by atoms with van der Waals surface area (Å²) < 4.78 is 2.47. The molecule has 0 radical (unpaired) electrons. The minimum atomic E-state index is 0.948. The van der Waals surface area contributed by atoms with E-state index >= 15 is 0 Å². The molecule has 0 spiro atoms. The number of hydrogen-bond donors (Lipinski definition) is 2. The third-order valence-corrected chi connectivity index (χ3v) is 3.83. The Morgan fingerprint density at radius 3 is 2.75 bits per heavy atom. The van der Waals surface area contributed by atoms with E-state index in [1.807, 2.05) is 0 Å². The summed E-state index contributed by atoms with van der Waals surface area (Å²) in [6, 6.07) is 6.40. The van der Waals surface area contributed by atoms with Crippen molar-refractivity contribution in [3.63, 3.8) is 0 Å². The minimum Gasteiger partial charge on any atom is -0.317 e. The predicted molar refractivity (Wildman–Crippen MR) is 81.7 cm³/mol. The third-order valence-electron chi connectivity index (χ3n) is 2.28. The zero-order valence-electron chi connectivity index (χ0n) is 9.52. The van der Waals surface area contributed by atoms with E-state index < -0.39 is 0 Å². The summed E-state index contributed by atoms with van der Waals surface area (Å²) in [4.78, 5) is 0. The van der Waals surface area contributed by atoms with E-state index in [1.54, 1.807) is 0 Å². The van der Waals surface area contributed by atoms with E-state index in [-0.39, 0.29) is 0 Å². The van der Waals surface area contributed by atoms with Crippen LogP contribution >= 0.6 is 38.5 Å². The first-order valence-electron chi connectivity index (χ1n) is 5.59. The first-order chi connectivity index (χ1) is 7.74. The van der Waals surface area contributed by atoms with Crippen molar-refractivity contribution in [2.45, 2.75) is 19.9 Å². The molecule has 1 rings (SSSR count). The summed E-state index contributed by atoms with van der Waals surface area (Å²) in [5.74, 6) is 0. The van der Waals surface area contributed by atoms with Crippen LogP contribution in [-0.2, 0) is 6.54 Å². The molecule has 1 aromatic carbocycles. The fourth-order valence-corrected chi connectivity index (χ4v) is 2.35. The molecule has 0 unspecified atom stereocenters. The Bertz CT molecular complexity index is 318. The molecule has 0 heterocycles. The standard InChI is InChI=1S/C12H18BrIN2/c1-2-15-6-3-7-16-9-10-8-11(13)4-5-12(10)14/h4-5,8,15-16H,2-3,6-7,9H2,1H3. The van der Waals surface area contributed by atoms with Gasteiger partial charge in [-0.2, -0.15) is 0 Å². The largest absolute Gasteiger partial charge is 0.317 e. The van der Waals surface area contributed by atoms with Crippen molar-refractivity contribution < 1.29 is 0 Å². The molecule has 0 aliphatic rings. The molecular weight excluding hydrogens is 379 g/mol. The van der Waals surface area contributed by atoms with Crippen molar-refractivity contribution in [3.8, 4) is 0 Å². The van der Waals surface area contributed by atoms with Crippen LogP contribution in [0.15, 0.2) is 22.7 Å². The molecule has 0 aromatic heterocycles. The first kappa shape index (κ1) is 14.4. The highest BCUT2D eigenvalue weighted by Gasteiger charge is 1.99. The molecule has 0 aliphatic heterocycles. The van der Waals surface area contributed by atoms with E-state index in [9.17, 15) is 0 Å². The number of halogens is 2. The third kappa shape index (κ3) is 5.61. The van der Waals surface area contributed by atoms with Gasteiger partial charge in [-0.25, -0.2) is 0 Å². The molecule has 0 fully saturated rings. The maximum atomic E-state index is 3.50. The molecule has 90 valence electrons. The van der Waals surface area contributed by atoms with Gasteiger partial charge in [-0.1, -0.05) is 22.9 Å². The van der Waals surface area contributed by atoms with Gasteiger partial charge in [0, 0.05) is 14.6 Å². The van der Waals surface area contributed by atoms with Gasteiger partial charge in [0.2, 0.25) is 0 Å². The van der Waals surface area contributed by atoms with Crippen LogP contribution in [-0.4, -0.2) is 19.6 Å². The molecule has 0 atom stereocenters. The van der Waals surface area contributed by atoms with Gasteiger partial charge in [-0.05, 0) is 72.4 Å². The second-order valence-electron chi connectivity index (χ2n) is 3.62. The average Bonchev–Trinajstić information content (AvgIpc) is 2.28. The van der Waals surface area contributed by atoms with Crippen LogP contribution in [0.1, 0.15) is 18.9 Å². The van der Waals surface area contributed by atoms with Gasteiger partial charge in [0.15, 0.2) is 0 Å². The molecule has 16 heavy (non-hydrogen) atoms. The van der Waals surface area contributed by atoms with Crippen molar-refractivity contribution in [1.29, 1.82) is 0 Å². The molecular formula is C12H18BrIN2. The van der Waals surface area contributed by atoms with Crippen molar-refractivity contribution in [3.05, 3.63) is 31.8 Å². The van der Waals surface area contributed by atoms with Crippen molar-refractivity contribution >= 4 is 38.5 Å². The van der Waals surface area contributed by atoms with Crippen LogP contribution in [0, 0.1) is 3.57 Å². The molecule has 0 bridgehead atoms. The summed E-state index contributed by atoms with van der Waals surface area (Å²) in [5.41, 5.74) is 1.36. The van der Waals surface area contributed by atoms with E-state index in [4.69, 9.17) is 0 Å². The summed E-state index contributed by atoms with van der Waals surface area (Å²) >= 11 is 5.88. The van der Waals surface area contributed by atoms with Gasteiger partial charge < -0.3 is 10.6 Å². The highest BCUT2D eigenvalue weighted by Crippen LogP contribution is 2.18. The zero-order valence-corrected chi connectivity index (χ0v) is 13.3. The van der Waals surface area contributed by atoms with Gasteiger partial charge in [-0.15, -0.1) is 0 Å². The molecule has 0 aliphatic carbocycles. The highest BCUT2D eigenvalue weighted by molar-refractivity contribution is 14.1. The number of nitrogens with one attached hydrogen (secondary N) is 2. The summed E-state index contributed by atoms with van der Waals surface area (Å²) in [7, 11) is 0. The number of rotatable bonds is 7. The Kier molecular flexibility index (Phi) is 7.60. The SMILES string of the molecule is CCNCCCNCc1cc(Br)ccc1I. The molecule has 2 N–H and O–H groups in total. The Balaban J connectivity index is 2.23. The average molecular weight is 397 g/mol. The second kappa shape index (κ2) is 8.44. The van der Waals surface area contributed by atoms with Crippen LogP contribution in [0.4, 0.5) is 0 Å². The maximum absolute atomic E-state index is 3.50. The van der Waals surface area contributed by atoms with E-state index in [1.165, 1.54) is 15.6 Å². The molecule has 2 nitrogen and oxygen atoms in total. The van der Waals surface area contributed by atoms with Crippen LogP contribution in [0.25, 0.3) is 0 Å². The zero-order chi connectivity index (χ0) is 11.8. The minimum absolute atomic E-state index is 0.948. The summed E-state index contributed by atoms with van der Waals surface area (Å²) in [5, 5.41) is 6.78. The van der Waals surface area contributed by atoms with E-state index in [0.29, 0.717) is 0 Å². The number of benzene rings is 1. The fraction of sp³-hybridized carbons (Fsp3) is 0.500. The second-order valence-corrected chi connectivity index (χ2v) is 5.70. The molecule has 0 saturated heterocycles. The van der Waals surface area contributed by atoms with Gasteiger partial charge in [-0.3, -0.25) is 0 Å². The lowest BCUT2D eigenvalue weighted by molar-refractivity contribution is 0.605. The Labute approximate surface area is 120 Å². The lowest BCUT2D eigenvalue weighted by atomic mass is 10.2. The van der Waals surface area contributed by atoms with E-state index in [0.717, 1.165) is 30.7 Å². The van der Waals surface area contributed by atoms with E-state index in [2.05, 4.69) is 74.3 Å². The highest BCUT2D eigenvalue weighted by atomic mass is 127. The smallest absolute Gasteiger partial charge is 0.0216 e. The Morgan fingerprint density at radius 1 is 1.25 bits per heavy atom. The predicted octanol–water partition coefficient (Wildman–Crippen LogP) is 3.14. The summed E-state index contributed by atoms with van der Waals surface area (Å²) in [6.07, 6.45) is 1.18. The van der Waals surface area contributed by atoms with Gasteiger partial charge in [0.05, 0.1) is 0 Å². The Morgan fingerprint density at radius 2 is 2.00 bits per heavy atom.